The van der Waals surface area contributed by atoms with E-state index in [0.29, 0.717) is 0 Å². The third-order valence-corrected chi connectivity index (χ3v) is 3.93. The summed E-state index contributed by atoms with van der Waals surface area (Å²) in [6, 6.07) is 1.66. The van der Waals surface area contributed by atoms with Crippen LogP contribution < -0.4 is 0 Å². The smallest absolute Gasteiger partial charge is 0.352 e. The predicted octanol–water partition coefficient (Wildman–Crippen LogP) is 2.05. The lowest BCUT2D eigenvalue weighted by molar-refractivity contribution is 0.0687. The first-order valence-corrected chi connectivity index (χ1v) is 5.91. The van der Waals surface area contributed by atoms with Crippen LogP contribution >= 0.6 is 23.1 Å². The minimum Gasteiger partial charge on any atom is -0.477 e. The van der Waals surface area contributed by atoms with Gasteiger partial charge >= 0.3 is 5.97 Å². The number of thioether (sulfide) groups is 1. The largest absolute Gasteiger partial charge is 0.477 e. The Bertz CT molecular complexity index is 501. The second-order valence-corrected chi connectivity index (χ2v) is 4.85. The molecule has 2 heterocycles. The van der Waals surface area contributed by atoms with Crippen LogP contribution in [-0.4, -0.2) is 26.9 Å². The monoisotopic (exact) mass is 228 g/mol. The highest BCUT2D eigenvalue weighted by atomic mass is 32.2. The third kappa shape index (κ3) is 1.31. The van der Waals surface area contributed by atoms with Crippen LogP contribution in [0.3, 0.4) is 0 Å². The molecule has 0 atom stereocenters. The number of aromatic carboxylic acids is 1. The molecule has 0 unspecified atom stereocenters. The summed E-state index contributed by atoms with van der Waals surface area (Å²) in [6.45, 7) is 0. The molecule has 0 fully saturated rings. The topological polar surface area (TPSA) is 55.1 Å². The van der Waals surface area contributed by atoms with Gasteiger partial charge in [0, 0.05) is 7.05 Å². The minimum absolute atomic E-state index is 0.284. The molecule has 0 saturated heterocycles. The van der Waals surface area contributed by atoms with Gasteiger partial charge in [0.15, 0.2) is 9.99 Å². The molecule has 0 aliphatic heterocycles. The number of carboxylic acids is 1. The summed E-state index contributed by atoms with van der Waals surface area (Å²) < 4.78 is 3.49. The number of rotatable bonds is 2. The summed E-state index contributed by atoms with van der Waals surface area (Å²) in [6.07, 6.45) is 1.95. The van der Waals surface area contributed by atoms with E-state index in [1.54, 1.807) is 29.4 Å². The molecule has 0 amide bonds. The van der Waals surface area contributed by atoms with E-state index in [0.717, 1.165) is 14.7 Å². The van der Waals surface area contributed by atoms with Gasteiger partial charge in [-0.15, -0.1) is 11.3 Å². The van der Waals surface area contributed by atoms with E-state index in [2.05, 4.69) is 4.98 Å². The van der Waals surface area contributed by atoms with Crippen LogP contribution in [0.25, 0.3) is 10.3 Å². The Balaban J connectivity index is 2.66. The van der Waals surface area contributed by atoms with E-state index in [1.807, 2.05) is 6.26 Å². The zero-order valence-electron chi connectivity index (χ0n) is 7.64. The van der Waals surface area contributed by atoms with Gasteiger partial charge < -0.3 is 9.67 Å². The van der Waals surface area contributed by atoms with Gasteiger partial charge in [0.2, 0.25) is 0 Å². The molecule has 0 aliphatic rings. The molecule has 0 aromatic carbocycles. The lowest BCUT2D eigenvalue weighted by Crippen LogP contribution is -2.04. The maximum Gasteiger partial charge on any atom is 0.352 e. The number of aromatic nitrogens is 2. The maximum atomic E-state index is 10.8. The van der Waals surface area contributed by atoms with E-state index in [9.17, 15) is 4.79 Å². The highest BCUT2D eigenvalue weighted by Gasteiger charge is 2.15. The van der Waals surface area contributed by atoms with Crippen LogP contribution in [0.4, 0.5) is 0 Å². The molecule has 74 valence electrons. The Hall–Kier alpha value is -1.01. The van der Waals surface area contributed by atoms with Gasteiger partial charge in [-0.25, -0.2) is 9.78 Å². The zero-order chi connectivity index (χ0) is 10.3. The average Bonchev–Trinajstić information content (AvgIpc) is 2.65. The van der Waals surface area contributed by atoms with Gasteiger partial charge in [-0.2, -0.15) is 0 Å². The van der Waals surface area contributed by atoms with Crippen molar-refractivity contribution in [2.75, 3.05) is 6.26 Å². The summed E-state index contributed by atoms with van der Waals surface area (Å²) in [7, 11) is 1.72. The SMILES string of the molecule is CSc1nc2c(cc(C(=O)O)n2C)s1. The fraction of sp³-hybridized carbons (Fsp3) is 0.250. The summed E-state index contributed by atoms with van der Waals surface area (Å²) in [4.78, 5) is 15.1. The first-order valence-electron chi connectivity index (χ1n) is 3.87. The van der Waals surface area contributed by atoms with Crippen molar-refractivity contribution in [1.29, 1.82) is 0 Å². The fourth-order valence-electron chi connectivity index (χ4n) is 1.27. The minimum atomic E-state index is -0.914. The predicted molar refractivity (Wildman–Crippen MR) is 57.3 cm³/mol. The number of carbonyl (C=O) groups is 1. The van der Waals surface area contributed by atoms with Gasteiger partial charge in [-0.3, -0.25) is 0 Å². The second-order valence-electron chi connectivity index (χ2n) is 2.77. The van der Waals surface area contributed by atoms with Crippen LogP contribution in [0, 0.1) is 0 Å². The Morgan fingerprint density at radius 3 is 2.93 bits per heavy atom. The number of hydrogen-bond donors (Lipinski definition) is 1. The summed E-state index contributed by atoms with van der Waals surface area (Å²) in [5.74, 6) is -0.914. The number of nitrogens with zero attached hydrogens (tertiary/aromatic N) is 2. The van der Waals surface area contributed by atoms with E-state index in [1.165, 1.54) is 11.3 Å². The third-order valence-electron chi connectivity index (χ3n) is 1.96. The highest BCUT2D eigenvalue weighted by Crippen LogP contribution is 2.29. The lowest BCUT2D eigenvalue weighted by atomic mass is 10.4. The maximum absolute atomic E-state index is 10.8. The first kappa shape index (κ1) is 9.54. The number of fused-ring (bicyclic) bond motifs is 1. The quantitative estimate of drug-likeness (QED) is 0.799. The number of hydrogen-bond acceptors (Lipinski definition) is 4. The summed E-state index contributed by atoms with van der Waals surface area (Å²) >= 11 is 3.09. The molecule has 14 heavy (non-hydrogen) atoms. The van der Waals surface area contributed by atoms with Crippen molar-refractivity contribution in [3.05, 3.63) is 11.8 Å². The van der Waals surface area contributed by atoms with E-state index < -0.39 is 5.97 Å². The van der Waals surface area contributed by atoms with Crippen LogP contribution in [0.5, 0.6) is 0 Å². The summed E-state index contributed by atoms with van der Waals surface area (Å²) in [5.41, 5.74) is 1.03. The number of thiazole rings is 1. The van der Waals surface area contributed by atoms with Crippen molar-refractivity contribution >= 4 is 39.4 Å². The fourth-order valence-corrected chi connectivity index (χ4v) is 2.81. The van der Waals surface area contributed by atoms with E-state index >= 15 is 0 Å². The molecule has 0 aliphatic carbocycles. The summed E-state index contributed by atoms with van der Waals surface area (Å²) in [5, 5.41) is 8.86. The molecule has 2 aromatic rings. The van der Waals surface area contributed by atoms with Gasteiger partial charge in [0.05, 0.1) is 4.70 Å². The molecule has 0 spiro atoms. The average molecular weight is 228 g/mol. The van der Waals surface area contributed by atoms with E-state index in [4.69, 9.17) is 5.11 Å². The molecule has 4 nitrogen and oxygen atoms in total. The van der Waals surface area contributed by atoms with Crippen LogP contribution in [0.2, 0.25) is 0 Å². The van der Waals surface area contributed by atoms with Gasteiger partial charge in [-0.1, -0.05) is 11.8 Å². The standard InChI is InChI=1S/C8H8N2O2S2/c1-10-4(7(11)12)3-5-6(10)9-8(13-2)14-5/h3H,1-2H3,(H,11,12). The van der Waals surface area contributed by atoms with Crippen molar-refractivity contribution in [3.63, 3.8) is 0 Å². The van der Waals surface area contributed by atoms with Crippen LogP contribution in [-0.2, 0) is 7.05 Å². The molecule has 1 N–H and O–H groups in total. The van der Waals surface area contributed by atoms with Crippen molar-refractivity contribution in [3.8, 4) is 0 Å². The molecular formula is C8H8N2O2S2. The van der Waals surface area contributed by atoms with Crippen molar-refractivity contribution in [1.82, 2.24) is 9.55 Å². The van der Waals surface area contributed by atoms with Crippen molar-refractivity contribution in [2.24, 2.45) is 7.05 Å². The molecule has 0 bridgehead atoms. The van der Waals surface area contributed by atoms with E-state index in [-0.39, 0.29) is 5.69 Å². The molecule has 0 saturated carbocycles. The van der Waals surface area contributed by atoms with Crippen molar-refractivity contribution < 1.29 is 9.90 Å². The molecule has 0 radical (unpaired) electrons. The lowest BCUT2D eigenvalue weighted by Gasteiger charge is -1.95. The second kappa shape index (κ2) is 3.29. The highest BCUT2D eigenvalue weighted by molar-refractivity contribution is 8.00. The Kier molecular flexibility index (Phi) is 2.24. The van der Waals surface area contributed by atoms with Gasteiger partial charge in [0.25, 0.3) is 0 Å². The normalized spacial score (nSPS) is 11.0. The zero-order valence-corrected chi connectivity index (χ0v) is 9.28. The molecule has 2 rings (SSSR count). The molecule has 2 aromatic heterocycles. The molecular weight excluding hydrogens is 220 g/mol. The Labute approximate surface area is 88.6 Å². The van der Waals surface area contributed by atoms with Crippen molar-refractivity contribution in [2.45, 2.75) is 4.34 Å². The Morgan fingerprint density at radius 1 is 1.71 bits per heavy atom. The number of aryl methyl sites for hydroxylation is 1. The first-order chi connectivity index (χ1) is 6.63. The number of carboxylic acid groups (broad SMARTS) is 1. The molecule has 6 heteroatoms. The van der Waals surface area contributed by atoms with Crippen LogP contribution in [0.15, 0.2) is 10.4 Å². The van der Waals surface area contributed by atoms with Crippen LogP contribution in [0.1, 0.15) is 10.5 Å². The van der Waals surface area contributed by atoms with Gasteiger partial charge in [0.1, 0.15) is 5.69 Å². The van der Waals surface area contributed by atoms with Gasteiger partial charge in [-0.05, 0) is 12.3 Å². The Morgan fingerprint density at radius 2 is 2.43 bits per heavy atom.